The predicted octanol–water partition coefficient (Wildman–Crippen LogP) is 2.01. The molecule has 82 valence electrons. The number of aliphatic hydroxyl groups excluding tert-OH is 1. The topological polar surface area (TPSA) is 49.3 Å². The van der Waals surface area contributed by atoms with E-state index in [1.807, 2.05) is 24.3 Å². The second kappa shape index (κ2) is 5.88. The fraction of sp³-hybridized carbons (Fsp3) is 0.364. The van der Waals surface area contributed by atoms with Crippen LogP contribution >= 0.6 is 15.9 Å². The predicted molar refractivity (Wildman–Crippen MR) is 62.4 cm³/mol. The van der Waals surface area contributed by atoms with Crippen LogP contribution in [0.4, 0.5) is 0 Å². The molecule has 1 amide bonds. The Hall–Kier alpha value is -0.870. The first-order valence-electron chi connectivity index (χ1n) is 4.77. The second-order valence-corrected chi connectivity index (χ2v) is 4.19. The van der Waals surface area contributed by atoms with Crippen molar-refractivity contribution in [3.8, 4) is 0 Å². The molecule has 0 radical (unpaired) electrons. The fourth-order valence-corrected chi connectivity index (χ4v) is 1.51. The Bertz CT molecular complexity index is 324. The van der Waals surface area contributed by atoms with Crippen LogP contribution in [0, 0.1) is 0 Å². The number of carbonyl (C=O) groups is 1. The van der Waals surface area contributed by atoms with Gasteiger partial charge in [0.05, 0.1) is 6.10 Å². The van der Waals surface area contributed by atoms with Crippen molar-refractivity contribution in [3.63, 3.8) is 0 Å². The Kier molecular flexibility index (Phi) is 4.78. The first-order chi connectivity index (χ1) is 7.13. The van der Waals surface area contributed by atoms with E-state index in [2.05, 4.69) is 21.2 Å². The minimum atomic E-state index is -0.574. The molecule has 3 nitrogen and oxygen atoms in total. The van der Waals surface area contributed by atoms with Gasteiger partial charge in [-0.25, -0.2) is 0 Å². The molecular formula is C11H14BrNO2. The quantitative estimate of drug-likeness (QED) is 0.880. The van der Waals surface area contributed by atoms with Crippen molar-refractivity contribution >= 4 is 21.8 Å². The maximum atomic E-state index is 11.0. The van der Waals surface area contributed by atoms with E-state index in [4.69, 9.17) is 0 Å². The number of amides is 1. The van der Waals surface area contributed by atoms with Gasteiger partial charge in [0, 0.05) is 17.9 Å². The lowest BCUT2D eigenvalue weighted by atomic mass is 10.1. The highest BCUT2D eigenvalue weighted by molar-refractivity contribution is 9.10. The number of aliphatic hydroxyl groups is 1. The third-order valence-corrected chi connectivity index (χ3v) is 2.71. The summed E-state index contributed by atoms with van der Waals surface area (Å²) in [5, 5.41) is 12.3. The maximum absolute atomic E-state index is 11.0. The molecule has 0 saturated carbocycles. The summed E-state index contributed by atoms with van der Waals surface area (Å²) < 4.78 is 0.977. The highest BCUT2D eigenvalue weighted by Gasteiger charge is 2.09. The summed E-state index contributed by atoms with van der Waals surface area (Å²) in [5.74, 6) is -0.0499. The minimum Gasteiger partial charge on any atom is -0.388 e. The fourth-order valence-electron chi connectivity index (χ4n) is 1.24. The van der Waals surface area contributed by atoms with Crippen LogP contribution in [0.2, 0.25) is 0 Å². The Labute approximate surface area is 97.6 Å². The van der Waals surface area contributed by atoms with Crippen LogP contribution in [-0.2, 0) is 4.79 Å². The zero-order valence-corrected chi connectivity index (χ0v) is 10.1. The average Bonchev–Trinajstić information content (AvgIpc) is 2.26. The molecule has 1 aromatic carbocycles. The number of carbonyl (C=O) groups excluding carboxylic acids is 1. The van der Waals surface area contributed by atoms with E-state index in [0.717, 1.165) is 10.0 Å². The summed E-state index contributed by atoms with van der Waals surface area (Å²) >= 11 is 3.32. The molecule has 0 saturated heterocycles. The van der Waals surface area contributed by atoms with Crippen LogP contribution in [0.5, 0.6) is 0 Å². The number of nitrogens with one attached hydrogen (secondary N) is 1. The normalized spacial score (nSPS) is 12.2. The highest BCUT2D eigenvalue weighted by atomic mass is 79.9. The lowest BCUT2D eigenvalue weighted by molar-refractivity contribution is -0.121. The minimum absolute atomic E-state index is 0.0499. The zero-order chi connectivity index (χ0) is 11.3. The lowest BCUT2D eigenvalue weighted by Gasteiger charge is -2.10. The van der Waals surface area contributed by atoms with Gasteiger partial charge in [0.25, 0.3) is 0 Å². The molecule has 0 aromatic heterocycles. The van der Waals surface area contributed by atoms with Gasteiger partial charge in [-0.1, -0.05) is 28.1 Å². The van der Waals surface area contributed by atoms with E-state index < -0.39 is 6.10 Å². The van der Waals surface area contributed by atoms with E-state index in [1.54, 1.807) is 7.05 Å². The van der Waals surface area contributed by atoms with Crippen LogP contribution < -0.4 is 5.32 Å². The van der Waals surface area contributed by atoms with E-state index in [-0.39, 0.29) is 5.91 Å². The monoisotopic (exact) mass is 271 g/mol. The van der Waals surface area contributed by atoms with Crippen molar-refractivity contribution in [3.05, 3.63) is 34.3 Å². The van der Waals surface area contributed by atoms with Crippen LogP contribution in [0.3, 0.4) is 0 Å². The van der Waals surface area contributed by atoms with Crippen molar-refractivity contribution in [1.29, 1.82) is 0 Å². The summed E-state index contributed by atoms with van der Waals surface area (Å²) in [6, 6.07) is 7.44. The van der Waals surface area contributed by atoms with Crippen LogP contribution in [0.15, 0.2) is 28.7 Å². The molecule has 4 heteroatoms. The first kappa shape index (κ1) is 12.2. The maximum Gasteiger partial charge on any atom is 0.219 e. The lowest BCUT2D eigenvalue weighted by Crippen LogP contribution is -2.18. The van der Waals surface area contributed by atoms with Gasteiger partial charge >= 0.3 is 0 Å². The van der Waals surface area contributed by atoms with Gasteiger partial charge in [0.15, 0.2) is 0 Å². The Morgan fingerprint density at radius 2 is 2.07 bits per heavy atom. The molecular weight excluding hydrogens is 258 g/mol. The molecule has 0 bridgehead atoms. The second-order valence-electron chi connectivity index (χ2n) is 3.28. The van der Waals surface area contributed by atoms with Crippen molar-refractivity contribution in [2.24, 2.45) is 0 Å². The summed E-state index contributed by atoms with van der Waals surface area (Å²) in [6.07, 6.45) is 0.213. The number of halogens is 1. The molecule has 0 aliphatic carbocycles. The molecule has 1 rings (SSSR count). The third kappa shape index (κ3) is 4.01. The number of rotatable bonds is 4. The number of hydrogen-bond donors (Lipinski definition) is 2. The summed E-state index contributed by atoms with van der Waals surface area (Å²) in [7, 11) is 1.59. The van der Waals surface area contributed by atoms with Crippen LogP contribution in [0.25, 0.3) is 0 Å². The zero-order valence-electron chi connectivity index (χ0n) is 8.53. The SMILES string of the molecule is CNC(=O)CCC(O)c1ccc(Br)cc1. The first-order valence-corrected chi connectivity index (χ1v) is 5.57. The van der Waals surface area contributed by atoms with Crippen LogP contribution in [-0.4, -0.2) is 18.1 Å². The molecule has 0 aliphatic heterocycles. The molecule has 1 atom stereocenters. The van der Waals surface area contributed by atoms with E-state index >= 15 is 0 Å². The third-order valence-electron chi connectivity index (χ3n) is 2.18. The van der Waals surface area contributed by atoms with Gasteiger partial charge in [0.1, 0.15) is 0 Å². The van der Waals surface area contributed by atoms with Crippen molar-refractivity contribution < 1.29 is 9.90 Å². The molecule has 1 aromatic rings. The number of hydrogen-bond acceptors (Lipinski definition) is 2. The van der Waals surface area contributed by atoms with E-state index in [1.165, 1.54) is 0 Å². The summed E-state index contributed by atoms with van der Waals surface area (Å²) in [6.45, 7) is 0. The molecule has 1 unspecified atom stereocenters. The number of benzene rings is 1. The molecule has 15 heavy (non-hydrogen) atoms. The molecule has 2 N–H and O–H groups in total. The van der Waals surface area contributed by atoms with Gasteiger partial charge in [-0.3, -0.25) is 4.79 Å². The smallest absolute Gasteiger partial charge is 0.219 e. The van der Waals surface area contributed by atoms with Crippen molar-refractivity contribution in [2.45, 2.75) is 18.9 Å². The summed E-state index contributed by atoms with van der Waals surface area (Å²) in [4.78, 5) is 11.0. The van der Waals surface area contributed by atoms with Crippen LogP contribution in [0.1, 0.15) is 24.5 Å². The standard InChI is InChI=1S/C11H14BrNO2/c1-13-11(15)7-6-10(14)8-2-4-9(12)5-3-8/h2-5,10,14H,6-7H2,1H3,(H,13,15). The Morgan fingerprint density at radius 3 is 2.60 bits per heavy atom. The van der Waals surface area contributed by atoms with Crippen molar-refractivity contribution in [2.75, 3.05) is 7.05 Å². The molecule has 0 fully saturated rings. The van der Waals surface area contributed by atoms with Gasteiger partial charge in [0.2, 0.25) is 5.91 Å². The highest BCUT2D eigenvalue weighted by Crippen LogP contribution is 2.20. The van der Waals surface area contributed by atoms with Gasteiger partial charge in [-0.2, -0.15) is 0 Å². The van der Waals surface area contributed by atoms with Crippen molar-refractivity contribution in [1.82, 2.24) is 5.32 Å². The van der Waals surface area contributed by atoms with Gasteiger partial charge in [-0.05, 0) is 24.1 Å². The Balaban J connectivity index is 2.50. The summed E-state index contributed by atoms with van der Waals surface area (Å²) in [5.41, 5.74) is 0.835. The van der Waals surface area contributed by atoms with E-state index in [9.17, 15) is 9.90 Å². The molecule has 0 heterocycles. The molecule has 0 aliphatic rings. The van der Waals surface area contributed by atoms with E-state index in [0.29, 0.717) is 12.8 Å². The van der Waals surface area contributed by atoms with Gasteiger partial charge in [-0.15, -0.1) is 0 Å². The Morgan fingerprint density at radius 1 is 1.47 bits per heavy atom. The van der Waals surface area contributed by atoms with Gasteiger partial charge < -0.3 is 10.4 Å². The average molecular weight is 272 g/mol. The molecule has 0 spiro atoms. The largest absolute Gasteiger partial charge is 0.388 e.